The summed E-state index contributed by atoms with van der Waals surface area (Å²) in [6, 6.07) is 8.13. The van der Waals surface area contributed by atoms with Gasteiger partial charge in [0.15, 0.2) is 5.58 Å². The number of hydrogen-bond acceptors (Lipinski definition) is 8. The number of piperazine rings is 1. The first-order valence-corrected chi connectivity index (χ1v) is 12.3. The fourth-order valence-corrected chi connectivity index (χ4v) is 4.57. The van der Waals surface area contributed by atoms with E-state index in [0.717, 1.165) is 48.7 Å². The standard InChI is InChI=1S/C27H33N7O2/c1-16-10-21(11-17(2)19(16)4)30-26-28-14-18(3)25(32-26)29-22-12-20(15-34-8-6-33(5)7-9-34)24-23(13-22)31-27(35)36-24/h10-14H,6-9,15H2,1-5H3,(H,31,35)(H2,28,29,30,32). The summed E-state index contributed by atoms with van der Waals surface area (Å²) in [7, 11) is 2.14. The van der Waals surface area contributed by atoms with Gasteiger partial charge in [-0.2, -0.15) is 4.98 Å². The molecule has 0 amide bonds. The highest BCUT2D eigenvalue weighted by atomic mass is 16.4. The molecule has 4 aromatic rings. The van der Waals surface area contributed by atoms with E-state index in [4.69, 9.17) is 9.40 Å². The molecule has 0 aliphatic carbocycles. The molecule has 188 valence electrons. The number of fused-ring (bicyclic) bond motifs is 1. The third kappa shape index (κ3) is 5.12. The van der Waals surface area contributed by atoms with E-state index in [2.05, 4.69) is 70.4 Å². The number of aromatic amines is 1. The Balaban J connectivity index is 1.42. The smallest absolute Gasteiger partial charge is 0.408 e. The lowest BCUT2D eigenvalue weighted by atomic mass is 10.0. The second kappa shape index (κ2) is 9.75. The molecular formula is C27H33N7O2. The van der Waals surface area contributed by atoms with Crippen molar-refractivity contribution in [1.29, 1.82) is 0 Å². The topological polar surface area (TPSA) is 102 Å². The molecule has 36 heavy (non-hydrogen) atoms. The van der Waals surface area contributed by atoms with Gasteiger partial charge in [-0.3, -0.25) is 9.88 Å². The third-order valence-electron chi connectivity index (χ3n) is 7.00. The summed E-state index contributed by atoms with van der Waals surface area (Å²) in [4.78, 5) is 28.7. The van der Waals surface area contributed by atoms with E-state index in [1.54, 1.807) is 6.20 Å². The monoisotopic (exact) mass is 487 g/mol. The Labute approximate surface area is 210 Å². The van der Waals surface area contributed by atoms with Crippen molar-refractivity contribution in [2.45, 2.75) is 34.2 Å². The number of hydrogen-bond donors (Lipinski definition) is 3. The zero-order chi connectivity index (χ0) is 25.4. The molecule has 0 radical (unpaired) electrons. The predicted molar refractivity (Wildman–Crippen MR) is 144 cm³/mol. The number of H-pyrrole nitrogens is 1. The molecule has 3 heterocycles. The van der Waals surface area contributed by atoms with Crippen LogP contribution in [0.1, 0.15) is 27.8 Å². The molecule has 0 bridgehead atoms. The summed E-state index contributed by atoms with van der Waals surface area (Å²) in [5.74, 6) is 0.764. The molecule has 0 saturated carbocycles. The molecule has 2 aromatic heterocycles. The number of rotatable bonds is 6. The number of nitrogens with zero attached hydrogens (tertiary/aromatic N) is 4. The number of anilines is 4. The summed E-state index contributed by atoms with van der Waals surface area (Å²) in [5.41, 5.74) is 8.67. The van der Waals surface area contributed by atoms with Gasteiger partial charge in [0.2, 0.25) is 5.95 Å². The molecule has 1 aliphatic rings. The Morgan fingerprint density at radius 3 is 2.36 bits per heavy atom. The highest BCUT2D eigenvalue weighted by Gasteiger charge is 2.18. The highest BCUT2D eigenvalue weighted by Crippen LogP contribution is 2.28. The molecule has 1 saturated heterocycles. The lowest BCUT2D eigenvalue weighted by Crippen LogP contribution is -2.43. The third-order valence-corrected chi connectivity index (χ3v) is 7.00. The van der Waals surface area contributed by atoms with Gasteiger partial charge >= 0.3 is 5.76 Å². The SMILES string of the molecule is Cc1cnc(Nc2cc(C)c(C)c(C)c2)nc1Nc1cc(CN2CCN(C)CC2)c2oc(=O)[nH]c2c1. The second-order valence-electron chi connectivity index (χ2n) is 9.82. The quantitative estimate of drug-likeness (QED) is 0.368. The Hall–Kier alpha value is -3.69. The van der Waals surface area contributed by atoms with E-state index in [9.17, 15) is 4.79 Å². The van der Waals surface area contributed by atoms with Crippen LogP contribution in [0.3, 0.4) is 0 Å². The predicted octanol–water partition coefficient (Wildman–Crippen LogP) is 4.38. The first-order valence-electron chi connectivity index (χ1n) is 12.3. The van der Waals surface area contributed by atoms with Crippen LogP contribution in [0.4, 0.5) is 23.1 Å². The van der Waals surface area contributed by atoms with Crippen molar-refractivity contribution in [2.24, 2.45) is 0 Å². The maximum Gasteiger partial charge on any atom is 0.417 e. The number of benzene rings is 2. The molecule has 9 heteroatoms. The maximum absolute atomic E-state index is 12.0. The van der Waals surface area contributed by atoms with E-state index >= 15 is 0 Å². The minimum atomic E-state index is -0.449. The summed E-state index contributed by atoms with van der Waals surface area (Å²) in [6.07, 6.45) is 1.80. The van der Waals surface area contributed by atoms with Crippen molar-refractivity contribution < 1.29 is 4.42 Å². The van der Waals surface area contributed by atoms with Gasteiger partial charge in [0.1, 0.15) is 5.82 Å². The van der Waals surface area contributed by atoms with Gasteiger partial charge in [-0.25, -0.2) is 9.78 Å². The van der Waals surface area contributed by atoms with Crippen LogP contribution < -0.4 is 16.4 Å². The van der Waals surface area contributed by atoms with Crippen LogP contribution in [0, 0.1) is 27.7 Å². The summed E-state index contributed by atoms with van der Waals surface area (Å²) >= 11 is 0. The van der Waals surface area contributed by atoms with Gasteiger partial charge in [-0.1, -0.05) is 0 Å². The zero-order valence-electron chi connectivity index (χ0n) is 21.5. The maximum atomic E-state index is 12.0. The molecule has 9 nitrogen and oxygen atoms in total. The molecule has 0 spiro atoms. The van der Waals surface area contributed by atoms with Crippen LogP contribution in [0.15, 0.2) is 39.7 Å². The molecule has 3 N–H and O–H groups in total. The van der Waals surface area contributed by atoms with Crippen LogP contribution in [-0.4, -0.2) is 58.0 Å². The van der Waals surface area contributed by atoms with Crippen molar-refractivity contribution in [1.82, 2.24) is 24.8 Å². The van der Waals surface area contributed by atoms with Crippen LogP contribution in [0.5, 0.6) is 0 Å². The van der Waals surface area contributed by atoms with Crippen LogP contribution in [-0.2, 0) is 6.54 Å². The average molecular weight is 488 g/mol. The number of nitrogens with one attached hydrogen (secondary N) is 3. The first kappa shape index (κ1) is 24.0. The van der Waals surface area contributed by atoms with E-state index in [0.29, 0.717) is 29.4 Å². The fraction of sp³-hybridized carbons (Fsp3) is 0.370. The number of aryl methyl sites for hydroxylation is 3. The molecule has 0 atom stereocenters. The molecule has 2 aromatic carbocycles. The number of likely N-dealkylation sites (N-methyl/N-ethyl adjacent to an activating group) is 1. The second-order valence-corrected chi connectivity index (χ2v) is 9.82. The Morgan fingerprint density at radius 2 is 1.64 bits per heavy atom. The van der Waals surface area contributed by atoms with E-state index in [1.807, 2.05) is 19.1 Å². The van der Waals surface area contributed by atoms with Gasteiger partial charge in [0.25, 0.3) is 0 Å². The average Bonchev–Trinajstić information content (AvgIpc) is 3.21. The number of oxazole rings is 1. The van der Waals surface area contributed by atoms with Crippen molar-refractivity contribution >= 4 is 34.2 Å². The Bertz CT molecular complexity index is 1440. The van der Waals surface area contributed by atoms with Crippen molar-refractivity contribution in [2.75, 3.05) is 43.9 Å². The van der Waals surface area contributed by atoms with Gasteiger partial charge in [-0.15, -0.1) is 0 Å². The van der Waals surface area contributed by atoms with Gasteiger partial charge < -0.3 is 20.0 Å². The van der Waals surface area contributed by atoms with Crippen molar-refractivity contribution in [3.63, 3.8) is 0 Å². The van der Waals surface area contributed by atoms with Gasteiger partial charge in [0, 0.05) is 61.4 Å². The van der Waals surface area contributed by atoms with Crippen molar-refractivity contribution in [3.8, 4) is 0 Å². The van der Waals surface area contributed by atoms with E-state index in [1.165, 1.54) is 16.7 Å². The zero-order valence-corrected chi connectivity index (χ0v) is 21.5. The number of aromatic nitrogens is 3. The highest BCUT2D eigenvalue weighted by molar-refractivity contribution is 5.82. The van der Waals surface area contributed by atoms with Crippen LogP contribution in [0.25, 0.3) is 11.1 Å². The molecule has 5 rings (SSSR count). The van der Waals surface area contributed by atoms with E-state index < -0.39 is 5.76 Å². The van der Waals surface area contributed by atoms with Crippen LogP contribution >= 0.6 is 0 Å². The first-order chi connectivity index (χ1) is 17.2. The van der Waals surface area contributed by atoms with E-state index in [-0.39, 0.29) is 0 Å². The minimum absolute atomic E-state index is 0.449. The van der Waals surface area contributed by atoms with Gasteiger partial charge in [-0.05, 0) is 75.7 Å². The minimum Gasteiger partial charge on any atom is -0.408 e. The van der Waals surface area contributed by atoms with Gasteiger partial charge in [0.05, 0.1) is 5.52 Å². The summed E-state index contributed by atoms with van der Waals surface area (Å²) in [5, 5.41) is 6.77. The molecule has 1 fully saturated rings. The van der Waals surface area contributed by atoms with Crippen molar-refractivity contribution in [3.05, 3.63) is 68.8 Å². The lowest BCUT2D eigenvalue weighted by Gasteiger charge is -2.32. The Kier molecular flexibility index (Phi) is 6.51. The Morgan fingerprint density at radius 1 is 0.944 bits per heavy atom. The van der Waals surface area contributed by atoms with Crippen LogP contribution in [0.2, 0.25) is 0 Å². The fourth-order valence-electron chi connectivity index (χ4n) is 4.57. The molecular weight excluding hydrogens is 454 g/mol. The largest absolute Gasteiger partial charge is 0.417 e. The molecule has 1 aliphatic heterocycles. The summed E-state index contributed by atoms with van der Waals surface area (Å²) in [6.45, 7) is 13.0. The molecule has 0 unspecified atom stereocenters. The normalized spacial score (nSPS) is 14.9. The lowest BCUT2D eigenvalue weighted by molar-refractivity contribution is 0.148. The summed E-state index contributed by atoms with van der Waals surface area (Å²) < 4.78 is 5.49.